The van der Waals surface area contributed by atoms with Crippen molar-refractivity contribution in [2.45, 2.75) is 44.9 Å². The minimum Gasteiger partial charge on any atom is -0.398 e. The average Bonchev–Trinajstić information content (AvgIpc) is 3.61. The lowest BCUT2D eigenvalue weighted by Crippen LogP contribution is -2.32. The molecule has 2 aliphatic heterocycles. The highest BCUT2D eigenvalue weighted by Crippen LogP contribution is 2.47. The van der Waals surface area contributed by atoms with E-state index in [1.165, 1.54) is 4.70 Å². The van der Waals surface area contributed by atoms with Crippen molar-refractivity contribution in [1.29, 1.82) is 0 Å². The lowest BCUT2D eigenvalue weighted by atomic mass is 9.95. The van der Waals surface area contributed by atoms with Gasteiger partial charge < -0.3 is 15.5 Å². The van der Waals surface area contributed by atoms with Gasteiger partial charge in [0.05, 0.1) is 0 Å². The summed E-state index contributed by atoms with van der Waals surface area (Å²) in [7, 11) is 0. The third-order valence-corrected chi connectivity index (χ3v) is 10.0. The molecule has 3 heterocycles. The van der Waals surface area contributed by atoms with E-state index < -0.39 is 25.1 Å². The molecule has 2 amide bonds. The first-order chi connectivity index (χ1) is 19.5. The average molecular weight is 583 g/mol. The van der Waals surface area contributed by atoms with Crippen LogP contribution < -0.4 is 15.5 Å². The van der Waals surface area contributed by atoms with E-state index in [-0.39, 0.29) is 17.7 Å². The van der Waals surface area contributed by atoms with Crippen molar-refractivity contribution < 1.29 is 12.3 Å². The van der Waals surface area contributed by atoms with E-state index >= 15 is 0 Å². The van der Waals surface area contributed by atoms with Gasteiger partial charge in [0.1, 0.15) is 0 Å². The van der Waals surface area contributed by atoms with Crippen LogP contribution in [0.25, 0.3) is 20.9 Å². The molecule has 0 aliphatic carbocycles. The van der Waals surface area contributed by atoms with E-state index in [4.69, 9.17) is 31.7 Å². The van der Waals surface area contributed by atoms with Gasteiger partial charge in [-0.15, -0.1) is 34.5 Å². The Morgan fingerprint density at radius 2 is 1.54 bits per heavy atom. The third-order valence-electron chi connectivity index (χ3n) is 8.06. The number of hydrogen-bond acceptors (Lipinski definition) is 4. The molecule has 1 aromatic heterocycles. The molecule has 3 aromatic carbocycles. The Morgan fingerprint density at radius 1 is 0.949 bits per heavy atom. The third kappa shape index (κ3) is 4.28. The normalized spacial score (nSPS) is 19.4. The highest BCUT2D eigenvalue weighted by molar-refractivity contribution is 7.17. The van der Waals surface area contributed by atoms with Gasteiger partial charge in [0, 0.05) is 84.8 Å². The van der Waals surface area contributed by atoms with Gasteiger partial charge in [-0.05, 0) is 65.4 Å². The van der Waals surface area contributed by atoms with Crippen LogP contribution in [-0.4, -0.2) is 36.7 Å². The van der Waals surface area contributed by atoms with Crippen LogP contribution in [0.15, 0.2) is 41.8 Å². The molecular weight excluding hydrogens is 549 g/mol. The fourth-order valence-electron chi connectivity index (χ4n) is 6.26. The second-order valence-electron chi connectivity index (χ2n) is 10.5. The van der Waals surface area contributed by atoms with Crippen molar-refractivity contribution in [2.24, 2.45) is 0 Å². The predicted molar refractivity (Wildman–Crippen MR) is 165 cm³/mol. The van der Waals surface area contributed by atoms with E-state index in [2.05, 4.69) is 12.3 Å². The summed E-state index contributed by atoms with van der Waals surface area (Å²) in [5.41, 5.74) is 12.6. The van der Waals surface area contributed by atoms with Crippen molar-refractivity contribution in [3.63, 3.8) is 0 Å². The van der Waals surface area contributed by atoms with Crippen molar-refractivity contribution in [2.75, 3.05) is 40.4 Å². The van der Waals surface area contributed by atoms with Crippen molar-refractivity contribution in [3.05, 3.63) is 64.0 Å². The van der Waals surface area contributed by atoms with Gasteiger partial charge in [-0.25, -0.2) is 0 Å². The Bertz CT molecular complexity index is 1720. The summed E-state index contributed by atoms with van der Waals surface area (Å²) in [6, 6.07) is 11.6. The number of amides is 2. The molecule has 0 unspecified atom stereocenters. The number of carbonyl (C=O) groups excluding carboxylic acids is 2. The standard InChI is InChI=1S/C31H31Cl2N3O2S/c1-17-10-24-30(28-18(2)16-39-31(17)28)20(13-33)15-35(24)26(37)8-5-9-27(38)36-14-19(12-32)29-22-7-4-3-6-21(22)23(34)11-25(29)36/h3-4,6-7,10-11,16,19-20H,5,8-9,12-15,34H2,1-2H3/t19-,20-/m1/s1/i5D2. The van der Waals surface area contributed by atoms with Gasteiger partial charge in [0.15, 0.2) is 0 Å². The first-order valence-corrected chi connectivity index (χ1v) is 15.0. The van der Waals surface area contributed by atoms with Crippen LogP contribution in [0.3, 0.4) is 0 Å². The van der Waals surface area contributed by atoms with Crippen LogP contribution >= 0.6 is 34.5 Å². The van der Waals surface area contributed by atoms with Crippen LogP contribution in [0.2, 0.25) is 0 Å². The number of fused-ring (bicyclic) bond motifs is 6. The summed E-state index contributed by atoms with van der Waals surface area (Å²) in [5, 5.41) is 5.13. The van der Waals surface area contributed by atoms with Crippen molar-refractivity contribution >= 4 is 84.3 Å². The number of halogens is 2. The number of benzene rings is 3. The maximum atomic E-state index is 13.6. The van der Waals surface area contributed by atoms with Gasteiger partial charge >= 0.3 is 0 Å². The topological polar surface area (TPSA) is 66.6 Å². The van der Waals surface area contributed by atoms with Gasteiger partial charge in [0.25, 0.3) is 0 Å². The van der Waals surface area contributed by atoms with Gasteiger partial charge in [-0.2, -0.15) is 0 Å². The van der Waals surface area contributed by atoms with E-state index in [0.717, 1.165) is 44.1 Å². The second kappa shape index (κ2) is 10.3. The Labute approximate surface area is 245 Å². The summed E-state index contributed by atoms with van der Waals surface area (Å²) in [6.45, 7) is 4.85. The van der Waals surface area contributed by atoms with E-state index in [0.29, 0.717) is 36.2 Å². The Hall–Kier alpha value is -2.80. The highest BCUT2D eigenvalue weighted by Gasteiger charge is 2.36. The number of anilines is 3. The lowest BCUT2D eigenvalue weighted by Gasteiger charge is -2.20. The van der Waals surface area contributed by atoms with E-state index in [9.17, 15) is 9.59 Å². The molecule has 5 nitrogen and oxygen atoms in total. The van der Waals surface area contributed by atoms with Gasteiger partial charge in [-0.1, -0.05) is 24.3 Å². The quantitative estimate of drug-likeness (QED) is 0.190. The zero-order chi connectivity index (χ0) is 29.2. The monoisotopic (exact) mass is 581 g/mol. The van der Waals surface area contributed by atoms with Crippen LogP contribution in [-0.2, 0) is 9.59 Å². The predicted octanol–water partition coefficient (Wildman–Crippen LogP) is 7.46. The maximum absolute atomic E-state index is 13.6. The zero-order valence-electron chi connectivity index (χ0n) is 23.9. The van der Waals surface area contributed by atoms with E-state index in [1.54, 1.807) is 27.2 Å². The molecule has 0 saturated carbocycles. The fraction of sp³-hybridized carbons (Fsp3) is 0.355. The molecule has 8 heteroatoms. The smallest absolute Gasteiger partial charge is 0.227 e. The molecule has 4 aromatic rings. The molecule has 0 saturated heterocycles. The zero-order valence-corrected chi connectivity index (χ0v) is 24.2. The first-order valence-electron chi connectivity index (χ1n) is 14.1. The number of hydrogen-bond donors (Lipinski definition) is 1. The number of alkyl halides is 2. The molecule has 2 aliphatic rings. The summed E-state index contributed by atoms with van der Waals surface area (Å²) in [6.07, 6.45) is -2.89. The SMILES string of the molecule is [2H]C([2H])(CC(=O)N1C[C@@H](CCl)c2c1cc(N)c1ccccc21)CC(=O)N1C[C@@H](CCl)c2c1cc(C)c1scc(C)c21. The van der Waals surface area contributed by atoms with Crippen LogP contribution in [0.1, 0.15) is 56.0 Å². The van der Waals surface area contributed by atoms with Crippen LogP contribution in [0, 0.1) is 13.8 Å². The van der Waals surface area contributed by atoms with Gasteiger partial charge in [-0.3, -0.25) is 9.59 Å². The molecule has 0 spiro atoms. The summed E-state index contributed by atoms with van der Waals surface area (Å²) < 4.78 is 18.6. The van der Waals surface area contributed by atoms with Crippen LogP contribution in [0.4, 0.5) is 17.1 Å². The summed E-state index contributed by atoms with van der Waals surface area (Å²) in [4.78, 5) is 30.5. The number of aryl methyl sites for hydroxylation is 2. The second-order valence-corrected chi connectivity index (χ2v) is 12.0. The number of carbonyl (C=O) groups is 2. The number of nitrogen functional groups attached to an aromatic ring is 1. The van der Waals surface area contributed by atoms with E-state index in [1.807, 2.05) is 37.3 Å². The minimum atomic E-state index is -2.05. The number of thiophene rings is 1. The Kier molecular flexibility index (Phi) is 6.35. The molecule has 2 N–H and O–H groups in total. The molecule has 202 valence electrons. The molecule has 2 atom stereocenters. The number of nitrogens with zero attached hydrogens (tertiary/aromatic N) is 2. The van der Waals surface area contributed by atoms with Crippen LogP contribution in [0.5, 0.6) is 0 Å². The van der Waals surface area contributed by atoms with Crippen molar-refractivity contribution in [1.82, 2.24) is 0 Å². The highest BCUT2D eigenvalue weighted by atomic mass is 35.5. The lowest BCUT2D eigenvalue weighted by molar-refractivity contribution is -0.119. The Morgan fingerprint density at radius 3 is 2.18 bits per heavy atom. The molecule has 0 bridgehead atoms. The summed E-state index contributed by atoms with van der Waals surface area (Å²) in [5.74, 6) is -0.181. The fourth-order valence-corrected chi connectivity index (χ4v) is 7.81. The number of rotatable bonds is 6. The van der Waals surface area contributed by atoms with Crippen molar-refractivity contribution in [3.8, 4) is 0 Å². The minimum absolute atomic E-state index is 0.0339. The van der Waals surface area contributed by atoms with Gasteiger partial charge in [0.2, 0.25) is 11.8 Å². The summed E-state index contributed by atoms with van der Waals surface area (Å²) >= 11 is 14.4. The molecule has 6 rings (SSSR count). The molecule has 0 fully saturated rings. The Balaban J connectivity index is 1.25. The molecule has 39 heavy (non-hydrogen) atoms. The largest absolute Gasteiger partial charge is 0.398 e. The maximum Gasteiger partial charge on any atom is 0.227 e. The number of nitrogens with two attached hydrogens (primary N) is 1. The molecule has 0 radical (unpaired) electrons. The molecular formula is C31H31Cl2N3O2S. The first kappa shape index (κ1) is 24.0.